The first-order valence-electron chi connectivity index (χ1n) is 13.0. The zero-order valence-corrected chi connectivity index (χ0v) is 18.4. The normalized spacial score (nSPS) is 18.9. The molecular formula is C25H34N2O4. The average molecular weight is 432 g/mol. The number of piperazine rings is 1. The summed E-state index contributed by atoms with van der Waals surface area (Å²) in [5.74, 6) is 0.573. The second-order valence-corrected chi connectivity index (χ2v) is 7.78. The second-order valence-electron chi connectivity index (χ2n) is 7.78. The second kappa shape index (κ2) is 11.3. The fraction of sp³-hybridized carbons (Fsp3) is 0.480. The number of aliphatic hydroxyl groups excluding tert-OH is 1. The Balaban J connectivity index is 1.51. The number of benzene rings is 2. The molecule has 1 aliphatic heterocycles. The van der Waals surface area contributed by atoms with Gasteiger partial charge < -0.3 is 14.6 Å². The minimum absolute atomic E-state index is 0.00452. The van der Waals surface area contributed by atoms with Crippen LogP contribution in [0.15, 0.2) is 42.4 Å². The molecule has 0 saturated carbocycles. The van der Waals surface area contributed by atoms with E-state index in [4.69, 9.17) is 16.3 Å². The van der Waals surface area contributed by atoms with Crippen LogP contribution in [-0.2, 0) is 11.2 Å². The summed E-state index contributed by atoms with van der Waals surface area (Å²) in [5.41, 5.74) is 1.81. The molecule has 1 heterocycles. The third-order valence-electron chi connectivity index (χ3n) is 5.45. The summed E-state index contributed by atoms with van der Waals surface area (Å²) in [5, 5.41) is 10.6. The van der Waals surface area contributed by atoms with E-state index in [-0.39, 0.29) is 49.2 Å². The van der Waals surface area contributed by atoms with Gasteiger partial charge in [0, 0.05) is 39.1 Å². The Kier molecular flexibility index (Phi) is 6.25. The minimum atomic E-state index is -2.32. The van der Waals surface area contributed by atoms with E-state index in [1.54, 1.807) is 38.1 Å². The van der Waals surface area contributed by atoms with Gasteiger partial charge in [0.1, 0.15) is 12.7 Å². The van der Waals surface area contributed by atoms with Crippen molar-refractivity contribution < 1.29 is 26.2 Å². The number of ketones is 1. The SMILES string of the molecule is [2H]c1c([2H])c(C)c(CC(=O)CN2CCN(CC(O)C([2H])([2H])Oc3ccccc3OC)CC2)c(C)c1[2H]. The van der Waals surface area contributed by atoms with Crippen LogP contribution in [0, 0.1) is 13.8 Å². The van der Waals surface area contributed by atoms with Crippen LogP contribution in [-0.4, -0.2) is 79.7 Å². The molecular weight excluding hydrogens is 392 g/mol. The lowest BCUT2D eigenvalue weighted by atomic mass is 9.98. The number of carbonyl (C=O) groups is 1. The van der Waals surface area contributed by atoms with E-state index < -0.39 is 12.7 Å². The molecule has 6 nitrogen and oxygen atoms in total. The standard InChI is InChI=1S/C25H34N2O4/c1-19-7-6-8-20(2)23(19)15-21(28)16-26-11-13-27(14-12-26)17-22(29)18-31-25-10-5-4-9-24(25)30-3/h4-10,22,29H,11-18H2,1-3H3/i6D,7D,8D,18D2. The summed E-state index contributed by atoms with van der Waals surface area (Å²) >= 11 is 0. The van der Waals surface area contributed by atoms with Gasteiger partial charge in [0.15, 0.2) is 17.3 Å². The zero-order chi connectivity index (χ0) is 26.6. The molecule has 2 aromatic carbocycles. The van der Waals surface area contributed by atoms with Crippen LogP contribution in [0.25, 0.3) is 0 Å². The van der Waals surface area contributed by atoms with E-state index in [9.17, 15) is 9.90 Å². The van der Waals surface area contributed by atoms with Gasteiger partial charge in [0.25, 0.3) is 0 Å². The topological polar surface area (TPSA) is 62.2 Å². The molecule has 0 aromatic heterocycles. The number of ether oxygens (including phenoxy) is 2. The maximum Gasteiger partial charge on any atom is 0.161 e. The first-order chi connectivity index (χ1) is 16.9. The maximum atomic E-state index is 12.8. The molecule has 6 heteroatoms. The predicted molar refractivity (Wildman–Crippen MR) is 122 cm³/mol. The highest BCUT2D eigenvalue weighted by atomic mass is 16.5. The highest BCUT2D eigenvalue weighted by Gasteiger charge is 2.21. The molecule has 31 heavy (non-hydrogen) atoms. The Morgan fingerprint density at radius 1 is 1.13 bits per heavy atom. The molecule has 1 fully saturated rings. The number of β-amino-alcohol motifs (C(OH)–C–C–N with tert-alkyl or cyclic N) is 1. The number of aliphatic hydroxyl groups is 1. The monoisotopic (exact) mass is 431 g/mol. The van der Waals surface area contributed by atoms with E-state index in [0.29, 0.717) is 48.6 Å². The Morgan fingerprint density at radius 3 is 2.39 bits per heavy atom. The van der Waals surface area contributed by atoms with Crippen LogP contribution in [0.1, 0.15) is 23.5 Å². The van der Waals surface area contributed by atoms with Crippen molar-refractivity contribution in [1.29, 1.82) is 0 Å². The molecule has 0 amide bonds. The number of hydrogen-bond donors (Lipinski definition) is 1. The third-order valence-corrected chi connectivity index (χ3v) is 5.45. The number of rotatable bonds is 10. The molecule has 0 bridgehead atoms. The number of methoxy groups -OCH3 is 1. The van der Waals surface area contributed by atoms with E-state index in [0.717, 1.165) is 0 Å². The van der Waals surface area contributed by atoms with Crippen LogP contribution in [0.3, 0.4) is 0 Å². The Labute approximate surface area is 192 Å². The molecule has 168 valence electrons. The highest BCUT2D eigenvalue weighted by Crippen LogP contribution is 2.25. The largest absolute Gasteiger partial charge is 0.493 e. The van der Waals surface area contributed by atoms with Gasteiger partial charge >= 0.3 is 0 Å². The van der Waals surface area contributed by atoms with Crippen LogP contribution in [0.4, 0.5) is 0 Å². The van der Waals surface area contributed by atoms with Crippen LogP contribution in [0.5, 0.6) is 11.5 Å². The number of para-hydroxylation sites is 2. The number of Topliss-reactive ketones (excluding diaryl/α,β-unsaturated/α-hetero) is 1. The molecule has 0 spiro atoms. The molecule has 0 aliphatic carbocycles. The van der Waals surface area contributed by atoms with Gasteiger partial charge in [0.2, 0.25) is 0 Å². The average Bonchev–Trinajstić information content (AvgIpc) is 2.85. The van der Waals surface area contributed by atoms with Crippen LogP contribution < -0.4 is 9.47 Å². The maximum absolute atomic E-state index is 12.8. The molecule has 1 atom stereocenters. The van der Waals surface area contributed by atoms with E-state index in [2.05, 4.69) is 0 Å². The van der Waals surface area contributed by atoms with Crippen molar-refractivity contribution in [3.8, 4) is 11.5 Å². The van der Waals surface area contributed by atoms with Crippen molar-refractivity contribution in [1.82, 2.24) is 9.80 Å². The van der Waals surface area contributed by atoms with Gasteiger partial charge in [-0.1, -0.05) is 30.3 Å². The number of nitrogens with zero attached hydrogens (tertiary/aromatic N) is 2. The smallest absolute Gasteiger partial charge is 0.161 e. The van der Waals surface area contributed by atoms with Crippen LogP contribution in [0.2, 0.25) is 0 Å². The van der Waals surface area contributed by atoms with Gasteiger partial charge in [0.05, 0.1) is 20.5 Å². The van der Waals surface area contributed by atoms with E-state index in [1.807, 2.05) is 9.80 Å². The van der Waals surface area contributed by atoms with E-state index >= 15 is 0 Å². The summed E-state index contributed by atoms with van der Waals surface area (Å²) in [4.78, 5) is 16.7. The third kappa shape index (κ3) is 6.79. The minimum Gasteiger partial charge on any atom is -0.493 e. The lowest BCUT2D eigenvalue weighted by molar-refractivity contribution is -0.120. The first kappa shape index (κ1) is 17.2. The van der Waals surface area contributed by atoms with Crippen molar-refractivity contribution in [3.05, 3.63) is 59.1 Å². The zero-order valence-electron chi connectivity index (χ0n) is 23.4. The highest BCUT2D eigenvalue weighted by molar-refractivity contribution is 5.83. The molecule has 3 rings (SSSR count). The predicted octanol–water partition coefficient (Wildman–Crippen LogP) is 2.48. The van der Waals surface area contributed by atoms with Gasteiger partial charge in [-0.15, -0.1) is 0 Å². The number of carbonyl (C=O) groups excluding carboxylic acids is 1. The summed E-state index contributed by atoms with van der Waals surface area (Å²) in [6.45, 7) is 3.74. The molecule has 1 saturated heterocycles. The Bertz CT molecular complexity index is 1060. The Morgan fingerprint density at radius 2 is 1.74 bits per heavy atom. The fourth-order valence-electron chi connectivity index (χ4n) is 3.66. The van der Waals surface area contributed by atoms with E-state index in [1.165, 1.54) is 7.11 Å². The molecule has 1 N–H and O–H groups in total. The van der Waals surface area contributed by atoms with Gasteiger partial charge in [-0.05, 0) is 42.7 Å². The van der Waals surface area contributed by atoms with Crippen molar-refractivity contribution in [2.75, 3.05) is 52.9 Å². The van der Waals surface area contributed by atoms with Gasteiger partial charge in [-0.2, -0.15) is 0 Å². The fourth-order valence-corrected chi connectivity index (χ4v) is 3.66. The van der Waals surface area contributed by atoms with Crippen LogP contribution >= 0.6 is 0 Å². The van der Waals surface area contributed by atoms with Gasteiger partial charge in [-0.25, -0.2) is 0 Å². The lowest BCUT2D eigenvalue weighted by Gasteiger charge is -2.35. The van der Waals surface area contributed by atoms with Crippen molar-refractivity contribution in [2.24, 2.45) is 0 Å². The summed E-state index contributed by atoms with van der Waals surface area (Å²) < 4.78 is 50.9. The summed E-state index contributed by atoms with van der Waals surface area (Å²) in [6, 6.07) is 6.56. The summed E-state index contributed by atoms with van der Waals surface area (Å²) in [6.07, 6.45) is -1.27. The van der Waals surface area contributed by atoms with Crippen molar-refractivity contribution in [3.63, 3.8) is 0 Å². The molecule has 1 aliphatic rings. The van der Waals surface area contributed by atoms with Crippen molar-refractivity contribution in [2.45, 2.75) is 26.4 Å². The molecule has 0 radical (unpaired) electrons. The first-order valence-corrected chi connectivity index (χ1v) is 10.5. The lowest BCUT2D eigenvalue weighted by Crippen LogP contribution is -2.50. The number of hydrogen-bond acceptors (Lipinski definition) is 6. The van der Waals surface area contributed by atoms with Crippen molar-refractivity contribution >= 4 is 5.78 Å². The van der Waals surface area contributed by atoms with Gasteiger partial charge in [-0.3, -0.25) is 14.6 Å². The Hall–Kier alpha value is -2.41. The quantitative estimate of drug-likeness (QED) is 0.624. The molecule has 2 aromatic rings. The molecule has 1 unspecified atom stereocenters. The summed E-state index contributed by atoms with van der Waals surface area (Å²) in [7, 11) is 1.47.